The zero-order valence-electron chi connectivity index (χ0n) is 20.8. The number of aryl methyl sites for hydroxylation is 1. The van der Waals surface area contributed by atoms with Gasteiger partial charge in [0.2, 0.25) is 0 Å². The van der Waals surface area contributed by atoms with Crippen LogP contribution in [0.15, 0.2) is 45.6 Å². The Morgan fingerprint density at radius 2 is 1.73 bits per heavy atom. The van der Waals surface area contributed by atoms with E-state index in [1.165, 1.54) is 13.0 Å². The Morgan fingerprint density at radius 3 is 2.41 bits per heavy atom. The van der Waals surface area contributed by atoms with E-state index in [-0.39, 0.29) is 46.0 Å². The second kappa shape index (κ2) is 8.54. The molecule has 8 nitrogen and oxygen atoms in total. The Morgan fingerprint density at radius 1 is 1.03 bits per heavy atom. The molecule has 3 aromatic rings. The van der Waals surface area contributed by atoms with Gasteiger partial charge in [-0.2, -0.15) is 0 Å². The highest BCUT2D eigenvalue weighted by atomic mass is 16.5. The van der Waals surface area contributed by atoms with E-state index in [0.717, 1.165) is 0 Å². The van der Waals surface area contributed by atoms with Gasteiger partial charge in [-0.05, 0) is 68.5 Å². The Hall–Kier alpha value is -4.01. The lowest BCUT2D eigenvalue weighted by molar-refractivity contribution is 0.0299. The van der Waals surface area contributed by atoms with E-state index in [1.54, 1.807) is 39.0 Å². The Labute approximate surface area is 212 Å². The first-order chi connectivity index (χ1) is 17.4. The monoisotopic (exact) mass is 502 g/mol. The van der Waals surface area contributed by atoms with Gasteiger partial charge >= 0.3 is 5.63 Å². The predicted molar refractivity (Wildman–Crippen MR) is 136 cm³/mol. The first-order valence-corrected chi connectivity index (χ1v) is 11.9. The van der Waals surface area contributed by atoms with Crippen LogP contribution in [0.5, 0.6) is 11.5 Å². The number of carbonyl (C=O) groups is 2. The fourth-order valence-electron chi connectivity index (χ4n) is 5.22. The zero-order valence-corrected chi connectivity index (χ0v) is 20.8. The zero-order chi connectivity index (χ0) is 26.9. The van der Waals surface area contributed by atoms with Gasteiger partial charge in [-0.3, -0.25) is 9.59 Å². The Bertz CT molecular complexity index is 1640. The van der Waals surface area contributed by atoms with E-state index >= 15 is 0 Å². The van der Waals surface area contributed by atoms with Crippen molar-refractivity contribution in [2.75, 3.05) is 0 Å². The van der Waals surface area contributed by atoms with Gasteiger partial charge in [0.15, 0.2) is 11.6 Å². The number of carbonyl (C=O) groups excluding carboxylic acids is 2. The number of ether oxygens (including phenoxy) is 1. The predicted octanol–water partition coefficient (Wildman–Crippen LogP) is 3.87. The number of fused-ring (bicyclic) bond motifs is 3. The second-order valence-corrected chi connectivity index (χ2v) is 9.75. The number of aliphatic hydroxyl groups excluding tert-OH is 2. The highest BCUT2D eigenvalue weighted by Gasteiger charge is 2.39. The minimum absolute atomic E-state index is 0.0684. The molecule has 2 heterocycles. The molecule has 37 heavy (non-hydrogen) atoms. The molecule has 3 atom stereocenters. The van der Waals surface area contributed by atoms with Gasteiger partial charge in [0.05, 0.1) is 22.6 Å². The third-order valence-electron chi connectivity index (χ3n) is 7.14. The Kier molecular flexibility index (Phi) is 5.69. The quantitative estimate of drug-likeness (QED) is 0.490. The van der Waals surface area contributed by atoms with Crippen molar-refractivity contribution in [1.29, 1.82) is 0 Å². The minimum atomic E-state index is -1.24. The summed E-state index contributed by atoms with van der Waals surface area (Å²) in [6.45, 7) is 10.4. The summed E-state index contributed by atoms with van der Waals surface area (Å²) in [6, 6.07) is 4.92. The van der Waals surface area contributed by atoms with Gasteiger partial charge in [0.1, 0.15) is 29.5 Å². The molecular weight excluding hydrogens is 476 g/mol. The number of aromatic hydroxyl groups is 1. The van der Waals surface area contributed by atoms with Crippen molar-refractivity contribution in [2.45, 2.75) is 52.4 Å². The van der Waals surface area contributed by atoms with E-state index in [4.69, 9.17) is 9.15 Å². The largest absolute Gasteiger partial charge is 0.506 e. The van der Waals surface area contributed by atoms with Crippen LogP contribution in [-0.4, -0.2) is 39.1 Å². The summed E-state index contributed by atoms with van der Waals surface area (Å²) in [4.78, 5) is 38.1. The van der Waals surface area contributed by atoms with Gasteiger partial charge in [-0.25, -0.2) is 4.79 Å². The van der Waals surface area contributed by atoms with E-state index in [2.05, 4.69) is 6.58 Å². The first-order valence-electron chi connectivity index (χ1n) is 11.9. The van der Waals surface area contributed by atoms with Crippen molar-refractivity contribution in [2.24, 2.45) is 0 Å². The van der Waals surface area contributed by atoms with Gasteiger partial charge in [0, 0.05) is 28.7 Å². The number of phenols is 1. The molecule has 0 radical (unpaired) electrons. The summed E-state index contributed by atoms with van der Waals surface area (Å²) in [5.41, 5.74) is 1.77. The van der Waals surface area contributed by atoms with Gasteiger partial charge in [-0.15, -0.1) is 0 Å². The lowest BCUT2D eigenvalue weighted by Crippen LogP contribution is -2.21. The van der Waals surface area contributed by atoms with Crippen molar-refractivity contribution < 1.29 is 34.1 Å². The van der Waals surface area contributed by atoms with Crippen LogP contribution < -0.4 is 10.4 Å². The molecule has 2 aromatic carbocycles. The maximum atomic E-state index is 12.9. The minimum Gasteiger partial charge on any atom is -0.506 e. The molecule has 5 rings (SSSR count). The number of rotatable bonds is 4. The summed E-state index contributed by atoms with van der Waals surface area (Å²) in [5, 5.41) is 32.8. The summed E-state index contributed by atoms with van der Waals surface area (Å²) in [7, 11) is 0. The maximum absolute atomic E-state index is 12.9. The fourth-order valence-corrected chi connectivity index (χ4v) is 5.22. The fraction of sp³-hybridized carbons (Fsp3) is 0.276. The van der Waals surface area contributed by atoms with Crippen LogP contribution in [0, 0.1) is 13.8 Å². The van der Waals surface area contributed by atoms with Crippen molar-refractivity contribution in [1.82, 2.24) is 0 Å². The molecule has 0 fully saturated rings. The maximum Gasteiger partial charge on any atom is 0.343 e. The number of phenolic OH excluding ortho intramolecular Hbond substituents is 1. The van der Waals surface area contributed by atoms with Gasteiger partial charge in [0.25, 0.3) is 0 Å². The van der Waals surface area contributed by atoms with E-state index < -0.39 is 29.7 Å². The number of hydrogen-bond acceptors (Lipinski definition) is 8. The molecule has 0 saturated heterocycles. The Balaban J connectivity index is 1.62. The van der Waals surface area contributed by atoms with E-state index in [9.17, 15) is 29.7 Å². The standard InChI is InChI=1S/C29H26O8/c1-11-6-20(31)24-22(25(11)32)14(4)28-23(27(24)34)13(3)21(37-28)10-17-9-19-16(7-12(2)36-29(19)35)8-18(17)26(33)15(5)30/h6-9,15,21,26,30,33-34H,3,10H2,1-2,4-5H3/t15-,21?,26+/m1/s1. The number of ketones is 2. The lowest BCUT2D eigenvalue weighted by atomic mass is 9.83. The molecule has 8 heteroatoms. The molecule has 0 saturated carbocycles. The second-order valence-electron chi connectivity index (χ2n) is 9.75. The third kappa shape index (κ3) is 3.72. The summed E-state index contributed by atoms with van der Waals surface area (Å²) < 4.78 is 11.4. The van der Waals surface area contributed by atoms with Crippen LogP contribution in [-0.2, 0) is 6.42 Å². The van der Waals surface area contributed by atoms with Crippen molar-refractivity contribution in [3.63, 3.8) is 0 Å². The molecule has 190 valence electrons. The molecule has 3 N–H and O–H groups in total. The topological polar surface area (TPSA) is 134 Å². The van der Waals surface area contributed by atoms with Crippen molar-refractivity contribution >= 4 is 27.9 Å². The van der Waals surface area contributed by atoms with Gasteiger partial charge < -0.3 is 24.5 Å². The highest BCUT2D eigenvalue weighted by Crippen LogP contribution is 2.50. The summed E-state index contributed by atoms with van der Waals surface area (Å²) >= 11 is 0. The van der Waals surface area contributed by atoms with Crippen LogP contribution in [0.2, 0.25) is 0 Å². The number of aliphatic hydroxyl groups is 2. The van der Waals surface area contributed by atoms with Gasteiger partial charge in [-0.1, -0.05) is 6.58 Å². The van der Waals surface area contributed by atoms with Crippen LogP contribution in [0.1, 0.15) is 68.7 Å². The molecule has 0 spiro atoms. The molecular formula is C29H26O8. The average Bonchev–Trinajstić information content (AvgIpc) is 3.15. The van der Waals surface area contributed by atoms with Crippen LogP contribution in [0.25, 0.3) is 16.3 Å². The molecule has 0 bridgehead atoms. The normalized spacial score (nSPS) is 18.4. The number of hydrogen-bond donors (Lipinski definition) is 3. The first kappa shape index (κ1) is 24.7. The van der Waals surface area contributed by atoms with Crippen LogP contribution in [0.4, 0.5) is 0 Å². The number of allylic oxidation sites excluding steroid dienone is 2. The van der Waals surface area contributed by atoms with E-state index in [1.807, 2.05) is 0 Å². The molecule has 1 unspecified atom stereocenters. The third-order valence-corrected chi connectivity index (χ3v) is 7.14. The lowest BCUT2D eigenvalue weighted by Gasteiger charge is -2.21. The SMILES string of the molecule is C=C1c2c(O)c3c(c(C)c2OC1Cc1cc2c(=O)oc(C)cc2cc1[C@@H](O)[C@@H](C)O)C(=O)C(C)=CC3=O. The number of benzene rings is 2. The smallest absolute Gasteiger partial charge is 0.343 e. The summed E-state index contributed by atoms with van der Waals surface area (Å²) in [5.74, 6) is -0.512. The van der Waals surface area contributed by atoms with E-state index in [0.29, 0.717) is 38.8 Å². The van der Waals surface area contributed by atoms with Crippen LogP contribution >= 0.6 is 0 Å². The van der Waals surface area contributed by atoms with Crippen molar-refractivity contribution in [3.8, 4) is 11.5 Å². The molecule has 0 amide bonds. The molecule has 1 aliphatic heterocycles. The number of Topliss-reactive ketones (excluding diaryl/α,β-unsaturated/α-hetero) is 1. The average molecular weight is 503 g/mol. The molecule has 1 aliphatic carbocycles. The highest BCUT2D eigenvalue weighted by molar-refractivity contribution is 6.26. The van der Waals surface area contributed by atoms with Crippen molar-refractivity contribution in [3.05, 3.63) is 86.0 Å². The summed E-state index contributed by atoms with van der Waals surface area (Å²) in [6.07, 6.45) is -1.74. The molecule has 2 aliphatic rings. The molecule has 1 aromatic heterocycles. The van der Waals surface area contributed by atoms with Crippen LogP contribution in [0.3, 0.4) is 0 Å².